The van der Waals surface area contributed by atoms with E-state index in [1.807, 2.05) is 13.8 Å². The predicted molar refractivity (Wildman–Crippen MR) is 87.6 cm³/mol. The van der Waals surface area contributed by atoms with Gasteiger partial charge in [-0.1, -0.05) is 19.0 Å². The molecule has 3 heterocycles. The summed E-state index contributed by atoms with van der Waals surface area (Å²) in [6, 6.07) is 3.36. The summed E-state index contributed by atoms with van der Waals surface area (Å²) in [6.07, 6.45) is 2.27. The van der Waals surface area contributed by atoms with Crippen LogP contribution in [0.15, 0.2) is 28.0 Å². The van der Waals surface area contributed by atoms with Crippen LogP contribution in [0.5, 0.6) is 0 Å². The lowest BCUT2D eigenvalue weighted by Crippen LogP contribution is -2.42. The Kier molecular flexibility index (Phi) is 4.87. The van der Waals surface area contributed by atoms with Crippen molar-refractivity contribution in [1.29, 1.82) is 0 Å². The number of rotatable bonds is 3. The van der Waals surface area contributed by atoms with Crippen molar-refractivity contribution in [3.05, 3.63) is 24.2 Å². The number of hydrogen-bond donors (Lipinski definition) is 0. The van der Waals surface area contributed by atoms with E-state index in [1.54, 1.807) is 21.9 Å². The maximum Gasteiger partial charge on any atom is 0.289 e. The Hall–Kier alpha value is -2.31. The Morgan fingerprint density at radius 1 is 1.21 bits per heavy atom. The van der Waals surface area contributed by atoms with Crippen LogP contribution in [-0.2, 0) is 9.63 Å². The van der Waals surface area contributed by atoms with Crippen molar-refractivity contribution in [2.45, 2.75) is 32.8 Å². The van der Waals surface area contributed by atoms with E-state index >= 15 is 0 Å². The van der Waals surface area contributed by atoms with Crippen LogP contribution in [0.2, 0.25) is 0 Å². The van der Waals surface area contributed by atoms with Crippen molar-refractivity contribution in [1.82, 2.24) is 9.80 Å². The number of oxime groups is 1. The Balaban J connectivity index is 1.56. The molecule has 1 fully saturated rings. The minimum absolute atomic E-state index is 0.0401. The van der Waals surface area contributed by atoms with Crippen LogP contribution in [0, 0.1) is 5.92 Å². The molecule has 1 atom stereocenters. The molecule has 0 radical (unpaired) electrons. The number of amides is 2. The third-order valence-corrected chi connectivity index (χ3v) is 4.46. The van der Waals surface area contributed by atoms with E-state index in [1.165, 1.54) is 6.26 Å². The molecule has 0 bridgehead atoms. The second-order valence-corrected chi connectivity index (χ2v) is 6.48. The monoisotopic (exact) mass is 333 g/mol. The van der Waals surface area contributed by atoms with Gasteiger partial charge in [0.1, 0.15) is 0 Å². The third-order valence-electron chi connectivity index (χ3n) is 4.46. The van der Waals surface area contributed by atoms with Gasteiger partial charge in [-0.05, 0) is 24.5 Å². The zero-order valence-electron chi connectivity index (χ0n) is 14.1. The summed E-state index contributed by atoms with van der Waals surface area (Å²) in [5.41, 5.74) is 0.929. The molecule has 2 aliphatic rings. The van der Waals surface area contributed by atoms with Crippen LogP contribution in [0.25, 0.3) is 0 Å². The second-order valence-electron chi connectivity index (χ2n) is 6.48. The summed E-state index contributed by atoms with van der Waals surface area (Å²) in [5.74, 6) is 0.454. The van der Waals surface area contributed by atoms with Gasteiger partial charge in [0, 0.05) is 32.6 Å². The zero-order valence-corrected chi connectivity index (χ0v) is 14.1. The molecule has 7 heteroatoms. The van der Waals surface area contributed by atoms with E-state index in [4.69, 9.17) is 9.25 Å². The normalized spacial score (nSPS) is 21.5. The molecular weight excluding hydrogens is 310 g/mol. The molecule has 0 saturated carbocycles. The highest BCUT2D eigenvalue weighted by atomic mass is 16.6. The van der Waals surface area contributed by atoms with E-state index in [9.17, 15) is 9.59 Å². The topological polar surface area (TPSA) is 75.3 Å². The number of hydrogen-bond acceptors (Lipinski definition) is 5. The number of furan rings is 1. The molecule has 130 valence electrons. The molecule has 7 nitrogen and oxygen atoms in total. The molecule has 0 N–H and O–H groups in total. The van der Waals surface area contributed by atoms with Gasteiger partial charge in [-0.2, -0.15) is 0 Å². The maximum atomic E-state index is 12.6. The van der Waals surface area contributed by atoms with Crippen molar-refractivity contribution < 1.29 is 18.8 Å². The standard InChI is InChI=1S/C17H23N3O4/c1-12(2)13-11-15(24-18-13)17(22)20-7-4-6-19(8-9-20)16(21)14-5-3-10-23-14/h3,5,10,12,15H,4,6-9,11H2,1-2H3. The Morgan fingerprint density at radius 2 is 1.96 bits per heavy atom. The first-order valence-electron chi connectivity index (χ1n) is 8.40. The van der Waals surface area contributed by atoms with Crippen LogP contribution in [0.3, 0.4) is 0 Å². The Bertz CT molecular complexity index is 624. The molecule has 0 spiro atoms. The first-order chi connectivity index (χ1) is 11.6. The highest BCUT2D eigenvalue weighted by Crippen LogP contribution is 2.19. The fourth-order valence-corrected chi connectivity index (χ4v) is 2.97. The van der Waals surface area contributed by atoms with Gasteiger partial charge in [0.05, 0.1) is 12.0 Å². The molecular formula is C17H23N3O4. The van der Waals surface area contributed by atoms with E-state index < -0.39 is 6.10 Å². The fraction of sp³-hybridized carbons (Fsp3) is 0.588. The van der Waals surface area contributed by atoms with Crippen molar-refractivity contribution in [2.75, 3.05) is 26.2 Å². The van der Waals surface area contributed by atoms with Gasteiger partial charge in [0.2, 0.25) is 6.10 Å². The van der Waals surface area contributed by atoms with Crippen LogP contribution < -0.4 is 0 Å². The SMILES string of the molecule is CC(C)C1=NOC(C(=O)N2CCCN(C(=O)c3ccco3)CC2)C1. The molecule has 1 unspecified atom stereocenters. The third kappa shape index (κ3) is 3.44. The van der Waals surface area contributed by atoms with E-state index in [0.29, 0.717) is 38.4 Å². The van der Waals surface area contributed by atoms with Gasteiger partial charge in [-0.15, -0.1) is 0 Å². The summed E-state index contributed by atoms with van der Waals surface area (Å²) in [5, 5.41) is 4.03. The second kappa shape index (κ2) is 7.07. The minimum Gasteiger partial charge on any atom is -0.459 e. The molecule has 1 aromatic heterocycles. The molecule has 1 aromatic rings. The number of nitrogens with zero attached hydrogens (tertiary/aromatic N) is 3. The molecule has 1 saturated heterocycles. The van der Waals surface area contributed by atoms with Gasteiger partial charge in [0.15, 0.2) is 5.76 Å². The summed E-state index contributed by atoms with van der Waals surface area (Å²) < 4.78 is 5.17. The smallest absolute Gasteiger partial charge is 0.289 e. The lowest BCUT2D eigenvalue weighted by molar-refractivity contribution is -0.141. The lowest BCUT2D eigenvalue weighted by atomic mass is 10.0. The van der Waals surface area contributed by atoms with Gasteiger partial charge in [-0.25, -0.2) is 0 Å². The average molecular weight is 333 g/mol. The number of carbonyl (C=O) groups excluding carboxylic acids is 2. The summed E-state index contributed by atoms with van der Waals surface area (Å²) in [6.45, 7) is 6.32. The van der Waals surface area contributed by atoms with Gasteiger partial charge in [-0.3, -0.25) is 9.59 Å². The van der Waals surface area contributed by atoms with E-state index in [0.717, 1.165) is 12.1 Å². The Labute approximate surface area is 141 Å². The van der Waals surface area contributed by atoms with Gasteiger partial charge >= 0.3 is 0 Å². The largest absolute Gasteiger partial charge is 0.459 e. The predicted octanol–water partition coefficient (Wildman–Crippen LogP) is 1.76. The first kappa shape index (κ1) is 16.5. The van der Waals surface area contributed by atoms with Crippen molar-refractivity contribution in [3.8, 4) is 0 Å². The number of carbonyl (C=O) groups is 2. The molecule has 0 aliphatic carbocycles. The highest BCUT2D eigenvalue weighted by molar-refractivity contribution is 5.94. The van der Waals surface area contributed by atoms with Crippen molar-refractivity contribution in [3.63, 3.8) is 0 Å². The van der Waals surface area contributed by atoms with Crippen LogP contribution in [0.4, 0.5) is 0 Å². The van der Waals surface area contributed by atoms with E-state index in [-0.39, 0.29) is 17.7 Å². The summed E-state index contributed by atoms with van der Waals surface area (Å²) in [4.78, 5) is 33.8. The minimum atomic E-state index is -0.519. The average Bonchev–Trinajstić information content (AvgIpc) is 3.21. The first-order valence-corrected chi connectivity index (χ1v) is 8.40. The quantitative estimate of drug-likeness (QED) is 0.844. The summed E-state index contributed by atoms with van der Waals surface area (Å²) >= 11 is 0. The Morgan fingerprint density at radius 3 is 2.62 bits per heavy atom. The molecule has 24 heavy (non-hydrogen) atoms. The molecule has 3 rings (SSSR count). The fourth-order valence-electron chi connectivity index (χ4n) is 2.97. The van der Waals surface area contributed by atoms with E-state index in [2.05, 4.69) is 5.16 Å². The van der Waals surface area contributed by atoms with Gasteiger partial charge < -0.3 is 19.1 Å². The van der Waals surface area contributed by atoms with Crippen molar-refractivity contribution >= 4 is 17.5 Å². The van der Waals surface area contributed by atoms with Crippen molar-refractivity contribution in [2.24, 2.45) is 11.1 Å². The molecule has 2 aliphatic heterocycles. The lowest BCUT2D eigenvalue weighted by Gasteiger charge is -2.23. The summed E-state index contributed by atoms with van der Waals surface area (Å²) in [7, 11) is 0. The molecule has 2 amide bonds. The zero-order chi connectivity index (χ0) is 17.1. The van der Waals surface area contributed by atoms with Crippen LogP contribution in [-0.4, -0.2) is 59.6 Å². The maximum absolute atomic E-state index is 12.6. The van der Waals surface area contributed by atoms with Crippen LogP contribution >= 0.6 is 0 Å². The van der Waals surface area contributed by atoms with Crippen LogP contribution in [0.1, 0.15) is 37.2 Å². The highest BCUT2D eigenvalue weighted by Gasteiger charge is 2.34. The van der Waals surface area contributed by atoms with Gasteiger partial charge in [0.25, 0.3) is 11.8 Å². The molecule has 0 aromatic carbocycles.